The van der Waals surface area contributed by atoms with Crippen LogP contribution in [0.25, 0.3) is 10.4 Å². The molecule has 8 heteroatoms. The first-order chi connectivity index (χ1) is 3.56. The van der Waals surface area contributed by atoms with Crippen LogP contribution in [-0.4, -0.2) is 21.8 Å². The molecule has 0 aliphatic heterocycles. The average Bonchev–Trinajstić information content (AvgIpc) is 1.59. The molecule has 0 unspecified atom stereocenters. The summed E-state index contributed by atoms with van der Waals surface area (Å²) in [5.41, 5.74) is 7.55. The Labute approximate surface area is 47.4 Å². The van der Waals surface area contributed by atoms with Crippen molar-refractivity contribution in [2.45, 2.75) is 0 Å². The summed E-state index contributed by atoms with van der Waals surface area (Å²) >= 11 is 0. The van der Waals surface area contributed by atoms with Crippen LogP contribution in [0.15, 0.2) is 4.78 Å². The van der Waals surface area contributed by atoms with Crippen LogP contribution in [0.3, 0.4) is 0 Å². The van der Waals surface area contributed by atoms with Gasteiger partial charge in [0.25, 0.3) is 8.83 Å². The lowest BCUT2D eigenvalue weighted by atomic mass is 13.0. The molecule has 0 spiro atoms. The molecule has 0 saturated carbocycles. The topological polar surface area (TPSA) is 103 Å². The van der Waals surface area contributed by atoms with E-state index in [1.165, 1.54) is 0 Å². The third kappa shape index (κ3) is 5.44. The van der Waals surface area contributed by atoms with Gasteiger partial charge in [0.05, 0.1) is 0 Å². The van der Waals surface area contributed by atoms with Crippen molar-refractivity contribution >= 4 is 18.4 Å². The van der Waals surface area contributed by atoms with Crippen molar-refractivity contribution in [3.05, 3.63) is 10.4 Å². The molecule has 0 aromatic heterocycles. The molecular weight excluding hydrogens is 150 g/mol. The quantitative estimate of drug-likeness (QED) is 0.184. The molecule has 0 rings (SSSR count). The number of azide groups is 1. The van der Waals surface area contributed by atoms with Gasteiger partial charge in [-0.2, -0.15) is 0 Å². The van der Waals surface area contributed by atoms with Gasteiger partial charge in [0.15, 0.2) is 0 Å². The summed E-state index contributed by atoms with van der Waals surface area (Å²) in [7, 11) is -5.98. The molecule has 6 nitrogen and oxygen atoms in total. The van der Waals surface area contributed by atoms with Gasteiger partial charge in [0.2, 0.25) is 9.57 Å². The molecule has 0 aliphatic carbocycles. The van der Waals surface area contributed by atoms with E-state index < -0.39 is 18.4 Å². The Morgan fingerprint density at radius 3 is 2.38 bits per heavy atom. The lowest BCUT2D eigenvalue weighted by Gasteiger charge is -1.80. The van der Waals surface area contributed by atoms with Crippen molar-refractivity contribution in [1.29, 1.82) is 0 Å². The van der Waals surface area contributed by atoms with E-state index in [2.05, 4.69) is 9.69 Å². The van der Waals surface area contributed by atoms with Gasteiger partial charge in [-0.3, -0.25) is 4.55 Å². The van der Waals surface area contributed by atoms with Crippen molar-refractivity contribution in [1.82, 2.24) is 0 Å². The molecule has 0 atom stereocenters. The highest BCUT2D eigenvalue weighted by molar-refractivity contribution is 8.10. The van der Waals surface area contributed by atoms with Gasteiger partial charge in [-0.05, 0) is 10.4 Å². The number of rotatable bonds is 2. The highest BCUT2D eigenvalue weighted by Gasteiger charge is 1.99. The lowest BCUT2D eigenvalue weighted by Crippen LogP contribution is -2.03. The molecule has 46 valence electrons. The maximum Gasteiger partial charge on any atom is 0.296 e. The normalized spacial score (nSPS) is 11.6. The minimum atomic E-state index is -3.97. The monoisotopic (exact) mass is 153 g/mol. The first-order valence-electron chi connectivity index (χ1n) is 1.52. The Morgan fingerprint density at radius 2 is 2.25 bits per heavy atom. The van der Waals surface area contributed by atoms with Crippen LogP contribution in [0, 0.1) is 0 Å². The van der Waals surface area contributed by atoms with E-state index in [1.54, 1.807) is 0 Å². The van der Waals surface area contributed by atoms with Crippen molar-refractivity contribution < 1.29 is 13.0 Å². The standard InChI is InChI=1S/H3N3O3SSi/c1-2-3-8-7(4,5)6/h8H2,(H,4,5,6). The van der Waals surface area contributed by atoms with Crippen molar-refractivity contribution in [2.24, 2.45) is 4.78 Å². The van der Waals surface area contributed by atoms with Gasteiger partial charge in [-0.15, -0.1) is 4.78 Å². The zero-order chi connectivity index (χ0) is 6.62. The highest BCUT2D eigenvalue weighted by atomic mass is 32.4. The molecule has 8 heavy (non-hydrogen) atoms. The van der Waals surface area contributed by atoms with Crippen LogP contribution in [0.4, 0.5) is 0 Å². The Balaban J connectivity index is 3.94. The van der Waals surface area contributed by atoms with Crippen LogP contribution >= 0.6 is 0 Å². The predicted octanol–water partition coefficient (Wildman–Crippen LogP) is -0.817. The van der Waals surface area contributed by atoms with Crippen molar-refractivity contribution in [2.75, 3.05) is 0 Å². The van der Waals surface area contributed by atoms with Gasteiger partial charge in [0.1, 0.15) is 0 Å². The van der Waals surface area contributed by atoms with E-state index >= 15 is 0 Å². The van der Waals surface area contributed by atoms with E-state index in [0.717, 1.165) is 0 Å². The van der Waals surface area contributed by atoms with E-state index in [1.807, 2.05) is 0 Å². The van der Waals surface area contributed by atoms with Crippen LogP contribution < -0.4 is 0 Å². The average molecular weight is 153 g/mol. The number of hydrogen-bond donors (Lipinski definition) is 1. The van der Waals surface area contributed by atoms with E-state index in [9.17, 15) is 8.42 Å². The third-order valence-corrected chi connectivity index (χ3v) is 2.18. The summed E-state index contributed by atoms with van der Waals surface area (Å²) in [6, 6.07) is 0. The molecule has 0 amide bonds. The summed E-state index contributed by atoms with van der Waals surface area (Å²) in [6.45, 7) is 0. The van der Waals surface area contributed by atoms with Gasteiger partial charge >= 0.3 is 0 Å². The van der Waals surface area contributed by atoms with Crippen molar-refractivity contribution in [3.8, 4) is 0 Å². The molecule has 0 aliphatic rings. The molecule has 0 heterocycles. The van der Waals surface area contributed by atoms with Gasteiger partial charge in [-0.25, -0.2) is 8.42 Å². The SMILES string of the molecule is [N-]=[N+]=N[SiH2]S(=O)(=O)O. The Hall–Kier alpha value is -0.563. The zero-order valence-corrected chi connectivity index (χ0v) is 5.95. The number of hydrogen-bond acceptors (Lipinski definition) is 3. The minimum Gasteiger partial charge on any atom is -0.292 e. The minimum absolute atomic E-state index is 2.01. The molecule has 0 aromatic carbocycles. The summed E-state index contributed by atoms with van der Waals surface area (Å²) in [5, 5.41) is 0. The molecular formula is H3N3O3SSi. The maximum absolute atomic E-state index is 9.74. The molecule has 0 radical (unpaired) electrons. The largest absolute Gasteiger partial charge is 0.296 e. The van der Waals surface area contributed by atoms with Gasteiger partial charge < -0.3 is 0 Å². The van der Waals surface area contributed by atoms with Crippen LogP contribution in [0.5, 0.6) is 0 Å². The van der Waals surface area contributed by atoms with E-state index in [0.29, 0.717) is 0 Å². The third-order valence-electron chi connectivity index (χ3n) is 0.284. The second kappa shape index (κ2) is 2.67. The highest BCUT2D eigenvalue weighted by Crippen LogP contribution is 1.76. The number of nitrogens with zero attached hydrogens (tertiary/aromatic N) is 3. The molecule has 0 bridgehead atoms. The van der Waals surface area contributed by atoms with Crippen LogP contribution in [0.2, 0.25) is 0 Å². The van der Waals surface area contributed by atoms with Crippen LogP contribution in [-0.2, 0) is 9.57 Å². The first kappa shape index (κ1) is 7.44. The van der Waals surface area contributed by atoms with Crippen LogP contribution in [0.1, 0.15) is 0 Å². The smallest absolute Gasteiger partial charge is 0.292 e. The predicted molar refractivity (Wildman–Crippen MR) is 29.2 cm³/mol. The summed E-state index contributed by atoms with van der Waals surface area (Å²) < 4.78 is 30.1. The summed E-state index contributed by atoms with van der Waals surface area (Å²) in [6.07, 6.45) is 0. The molecule has 0 aromatic rings. The fourth-order valence-corrected chi connectivity index (χ4v) is 0.889. The van der Waals surface area contributed by atoms with Gasteiger partial charge in [-0.1, -0.05) is 0 Å². The van der Waals surface area contributed by atoms with E-state index in [-0.39, 0.29) is 0 Å². The molecule has 0 fully saturated rings. The fourth-order valence-electron chi connectivity index (χ4n) is 0.0988. The van der Waals surface area contributed by atoms with Gasteiger partial charge in [0, 0.05) is 0 Å². The lowest BCUT2D eigenvalue weighted by molar-refractivity contribution is 0.500. The second-order valence-electron chi connectivity index (χ2n) is 0.942. The fraction of sp³-hybridized carbons (Fsp3) is 0. The zero-order valence-electron chi connectivity index (χ0n) is 3.72. The molecule has 1 N–H and O–H groups in total. The Bertz CT molecular complexity index is 199. The van der Waals surface area contributed by atoms with Crippen molar-refractivity contribution in [3.63, 3.8) is 0 Å². The maximum atomic E-state index is 9.74. The molecule has 0 saturated heterocycles. The van der Waals surface area contributed by atoms with E-state index in [4.69, 9.17) is 10.1 Å². The summed E-state index contributed by atoms with van der Waals surface area (Å²) in [4.78, 5) is 2.17. The first-order valence-corrected chi connectivity index (χ1v) is 5.49. The Kier molecular flexibility index (Phi) is 2.48. The Morgan fingerprint density at radius 1 is 1.75 bits per heavy atom. The summed E-state index contributed by atoms with van der Waals surface area (Å²) in [5.74, 6) is 0. The second-order valence-corrected chi connectivity index (χ2v) is 5.61.